The molecule has 0 aromatic heterocycles. The molecular formula is C20H23Cl3N2O6. The van der Waals surface area contributed by atoms with Gasteiger partial charge in [-0.05, 0) is 39.8 Å². The standard InChI is InChI=1S/C20H23Cl3N2O6/c1-5-30-17(27)14(15(24)13-11(22)6-10(21)7-12(13)23)16(26)20(29)8-25(9-20)18(28)31-19(2,3)4/h6-7,24,26,29H,5,8-9H2,1-4H3/b16-14+,24-15?. The van der Waals surface area contributed by atoms with Gasteiger partial charge in [-0.15, -0.1) is 0 Å². The molecule has 3 N–H and O–H groups in total. The molecule has 0 saturated carbocycles. The van der Waals surface area contributed by atoms with E-state index in [1.54, 1.807) is 27.7 Å². The van der Waals surface area contributed by atoms with Gasteiger partial charge in [-0.1, -0.05) is 34.8 Å². The van der Waals surface area contributed by atoms with Crippen LogP contribution in [0.5, 0.6) is 0 Å². The van der Waals surface area contributed by atoms with Crippen LogP contribution in [0.25, 0.3) is 0 Å². The number of esters is 1. The van der Waals surface area contributed by atoms with Crippen LogP contribution in [0.1, 0.15) is 33.3 Å². The Morgan fingerprint density at radius 2 is 1.71 bits per heavy atom. The number of β-amino-alcohol motifs (C(OH)–C–C–N with tert-alkyl or cyclic N) is 1. The Labute approximate surface area is 194 Å². The third kappa shape index (κ3) is 5.63. The molecule has 31 heavy (non-hydrogen) atoms. The zero-order chi connectivity index (χ0) is 23.7. The molecule has 1 aliphatic rings. The van der Waals surface area contributed by atoms with Crippen LogP contribution in [0.2, 0.25) is 15.1 Å². The number of carbonyl (C=O) groups is 2. The highest BCUT2D eigenvalue weighted by Crippen LogP contribution is 2.35. The zero-order valence-corrected chi connectivity index (χ0v) is 19.7. The Morgan fingerprint density at radius 3 is 2.16 bits per heavy atom. The highest BCUT2D eigenvalue weighted by atomic mass is 35.5. The molecule has 1 fully saturated rings. The maximum Gasteiger partial charge on any atom is 0.410 e. The first-order valence-corrected chi connectivity index (χ1v) is 10.4. The minimum atomic E-state index is -1.99. The number of amides is 1. The van der Waals surface area contributed by atoms with Crippen molar-refractivity contribution in [1.82, 2.24) is 4.90 Å². The molecule has 11 heteroatoms. The summed E-state index contributed by atoms with van der Waals surface area (Å²) < 4.78 is 10.2. The maximum atomic E-state index is 12.6. The second-order valence-electron chi connectivity index (χ2n) is 7.93. The molecule has 1 aliphatic heterocycles. The molecule has 1 aromatic rings. The molecule has 2 rings (SSSR count). The summed E-state index contributed by atoms with van der Waals surface area (Å²) in [5.41, 5.74) is -4.00. The van der Waals surface area contributed by atoms with Crippen LogP contribution < -0.4 is 0 Å². The van der Waals surface area contributed by atoms with Gasteiger partial charge in [-0.3, -0.25) is 5.41 Å². The van der Waals surface area contributed by atoms with Crippen LogP contribution in [0.4, 0.5) is 4.79 Å². The van der Waals surface area contributed by atoms with E-state index in [9.17, 15) is 19.8 Å². The summed E-state index contributed by atoms with van der Waals surface area (Å²) >= 11 is 18.2. The number of halogens is 3. The molecule has 0 bridgehead atoms. The molecule has 1 heterocycles. The van der Waals surface area contributed by atoms with Crippen LogP contribution in [0.3, 0.4) is 0 Å². The van der Waals surface area contributed by atoms with Crippen LogP contribution >= 0.6 is 34.8 Å². The van der Waals surface area contributed by atoms with E-state index in [0.29, 0.717) is 0 Å². The largest absolute Gasteiger partial charge is 0.508 e. The Hall–Kier alpha value is -2.00. The molecule has 0 aliphatic carbocycles. The summed E-state index contributed by atoms with van der Waals surface area (Å²) in [5.74, 6) is -1.89. The lowest BCUT2D eigenvalue weighted by molar-refractivity contribution is -0.139. The lowest BCUT2D eigenvalue weighted by Crippen LogP contribution is -2.65. The summed E-state index contributed by atoms with van der Waals surface area (Å²) in [7, 11) is 0. The summed E-state index contributed by atoms with van der Waals surface area (Å²) in [4.78, 5) is 25.9. The van der Waals surface area contributed by atoms with Crippen molar-refractivity contribution < 1.29 is 29.3 Å². The Kier molecular flexibility index (Phi) is 7.53. The number of rotatable bonds is 5. The molecule has 170 valence electrons. The lowest BCUT2D eigenvalue weighted by Gasteiger charge is -2.46. The zero-order valence-electron chi connectivity index (χ0n) is 17.4. The van der Waals surface area contributed by atoms with Crippen molar-refractivity contribution in [1.29, 1.82) is 5.41 Å². The third-order valence-electron chi connectivity index (χ3n) is 4.22. The minimum Gasteiger partial charge on any atom is -0.508 e. The van der Waals surface area contributed by atoms with Gasteiger partial charge in [-0.25, -0.2) is 9.59 Å². The van der Waals surface area contributed by atoms with E-state index in [4.69, 9.17) is 49.7 Å². The van der Waals surface area contributed by atoms with Gasteiger partial charge < -0.3 is 24.6 Å². The molecule has 0 unspecified atom stereocenters. The predicted molar refractivity (Wildman–Crippen MR) is 117 cm³/mol. The van der Waals surface area contributed by atoms with Crippen LogP contribution in [0.15, 0.2) is 23.5 Å². The average molecular weight is 494 g/mol. The number of aliphatic hydroxyl groups excluding tert-OH is 1. The van der Waals surface area contributed by atoms with Gasteiger partial charge in [0, 0.05) is 10.6 Å². The van der Waals surface area contributed by atoms with Gasteiger partial charge in [0.2, 0.25) is 0 Å². The highest BCUT2D eigenvalue weighted by Gasteiger charge is 2.51. The number of benzene rings is 1. The number of ether oxygens (including phenoxy) is 2. The summed E-state index contributed by atoms with van der Waals surface area (Å²) in [6.07, 6.45) is -0.693. The fourth-order valence-corrected chi connectivity index (χ4v) is 3.86. The fraction of sp³-hybridized carbons (Fsp3) is 0.450. The summed E-state index contributed by atoms with van der Waals surface area (Å²) in [5, 5.41) is 30.2. The van der Waals surface area contributed by atoms with E-state index in [0.717, 1.165) is 4.90 Å². The van der Waals surface area contributed by atoms with E-state index in [1.807, 2.05) is 0 Å². The van der Waals surface area contributed by atoms with E-state index < -0.39 is 40.3 Å². The average Bonchev–Trinajstić information content (AvgIpc) is 2.56. The van der Waals surface area contributed by atoms with E-state index in [1.165, 1.54) is 12.1 Å². The molecule has 0 atom stereocenters. The normalized spacial score (nSPS) is 16.2. The van der Waals surface area contributed by atoms with Crippen molar-refractivity contribution in [3.63, 3.8) is 0 Å². The monoisotopic (exact) mass is 492 g/mol. The van der Waals surface area contributed by atoms with E-state index >= 15 is 0 Å². The molecule has 8 nitrogen and oxygen atoms in total. The number of nitrogens with zero attached hydrogens (tertiary/aromatic N) is 1. The van der Waals surface area contributed by atoms with Crippen molar-refractivity contribution in [2.75, 3.05) is 19.7 Å². The van der Waals surface area contributed by atoms with Gasteiger partial charge in [0.25, 0.3) is 0 Å². The lowest BCUT2D eigenvalue weighted by atomic mass is 9.87. The number of carbonyl (C=O) groups excluding carboxylic acids is 2. The van der Waals surface area contributed by atoms with Crippen molar-refractivity contribution in [2.45, 2.75) is 38.9 Å². The first-order chi connectivity index (χ1) is 14.2. The van der Waals surface area contributed by atoms with Gasteiger partial charge in [-0.2, -0.15) is 0 Å². The van der Waals surface area contributed by atoms with E-state index in [-0.39, 0.29) is 40.3 Å². The quantitative estimate of drug-likeness (QED) is 0.242. The number of hydrogen-bond donors (Lipinski definition) is 3. The number of hydrogen-bond acceptors (Lipinski definition) is 7. The molecule has 0 spiro atoms. The third-order valence-corrected chi connectivity index (χ3v) is 5.03. The van der Waals surface area contributed by atoms with Crippen LogP contribution in [0, 0.1) is 5.41 Å². The Morgan fingerprint density at radius 1 is 1.19 bits per heavy atom. The van der Waals surface area contributed by atoms with Gasteiger partial charge in [0.05, 0.1) is 35.5 Å². The molecule has 0 radical (unpaired) electrons. The maximum absolute atomic E-state index is 12.6. The Bertz CT molecular complexity index is 926. The van der Waals surface area contributed by atoms with Crippen molar-refractivity contribution in [3.05, 3.63) is 44.1 Å². The molecule has 1 saturated heterocycles. The second-order valence-corrected chi connectivity index (χ2v) is 9.18. The highest BCUT2D eigenvalue weighted by molar-refractivity contribution is 6.44. The van der Waals surface area contributed by atoms with Crippen molar-refractivity contribution in [3.8, 4) is 0 Å². The first-order valence-electron chi connectivity index (χ1n) is 9.25. The SMILES string of the molecule is CCOC(=O)/C(C(=N)c1c(Cl)cc(Cl)cc1Cl)=C(/O)C1(O)CN(C(=O)OC(C)(C)C)C1. The topological polar surface area (TPSA) is 120 Å². The van der Waals surface area contributed by atoms with Crippen LogP contribution in [-0.4, -0.2) is 63.8 Å². The summed E-state index contributed by atoms with van der Waals surface area (Å²) in [6, 6.07) is 2.64. The number of likely N-dealkylation sites (tertiary alicyclic amines) is 1. The van der Waals surface area contributed by atoms with E-state index in [2.05, 4.69) is 0 Å². The molecule has 1 amide bonds. The minimum absolute atomic E-state index is 0.0342. The number of aliphatic hydroxyl groups is 2. The fourth-order valence-electron chi connectivity index (χ4n) is 2.85. The smallest absolute Gasteiger partial charge is 0.410 e. The van der Waals surface area contributed by atoms with Gasteiger partial charge >= 0.3 is 12.1 Å². The van der Waals surface area contributed by atoms with Crippen LogP contribution in [-0.2, 0) is 14.3 Å². The molecule has 1 aromatic carbocycles. The molecular weight excluding hydrogens is 471 g/mol. The second kappa shape index (κ2) is 9.24. The van der Waals surface area contributed by atoms with Crippen molar-refractivity contribution >= 4 is 52.6 Å². The Balaban J connectivity index is 2.43. The predicted octanol–water partition coefficient (Wildman–Crippen LogP) is 4.37. The first kappa shape index (κ1) is 25.3. The number of nitrogens with one attached hydrogen (secondary N) is 1. The van der Waals surface area contributed by atoms with Gasteiger partial charge in [0.15, 0.2) is 5.60 Å². The van der Waals surface area contributed by atoms with Gasteiger partial charge in [0.1, 0.15) is 16.9 Å². The van der Waals surface area contributed by atoms with Crippen molar-refractivity contribution in [2.24, 2.45) is 0 Å². The summed E-state index contributed by atoms with van der Waals surface area (Å²) in [6.45, 7) is 5.85.